The van der Waals surface area contributed by atoms with Crippen molar-refractivity contribution in [3.05, 3.63) is 64.2 Å². The lowest BCUT2D eigenvalue weighted by Gasteiger charge is -2.23. The van der Waals surface area contributed by atoms with E-state index >= 15 is 0 Å². The molecule has 0 aliphatic carbocycles. The summed E-state index contributed by atoms with van der Waals surface area (Å²) in [7, 11) is 0. The maximum atomic E-state index is 12.6. The van der Waals surface area contributed by atoms with Gasteiger partial charge in [0.1, 0.15) is 12.1 Å². The van der Waals surface area contributed by atoms with Crippen LogP contribution in [0, 0.1) is 6.92 Å². The van der Waals surface area contributed by atoms with Crippen molar-refractivity contribution >= 4 is 52.7 Å². The molecule has 3 amide bonds. The normalized spacial score (nSPS) is 16.2. The summed E-state index contributed by atoms with van der Waals surface area (Å²) in [6.45, 7) is 3.22. The standard InChI is InChI=1S/C23H24ClN3O5S/c1-13-4-3-5-17(24)20(13)26-21(29)16-8-6-15(7-9-16)10-18(23(31)32)25-22(30)19-11-33-12-27(19)14(2)28/h3-9,18-19H,10-12H2,1-2H3,(H,25,30)(H,26,29)(H,31,32)/t18-,19+/m0/s1. The number of hydrogen-bond donors (Lipinski definition) is 3. The average Bonchev–Trinajstić information content (AvgIpc) is 3.27. The fraction of sp³-hybridized carbons (Fsp3) is 0.304. The van der Waals surface area contributed by atoms with Gasteiger partial charge >= 0.3 is 5.97 Å². The number of carbonyl (C=O) groups is 4. The second-order valence-corrected chi connectivity index (χ2v) is 9.10. The Kier molecular flexibility index (Phi) is 7.99. The van der Waals surface area contributed by atoms with Gasteiger partial charge in [0.05, 0.1) is 16.6 Å². The van der Waals surface area contributed by atoms with E-state index in [1.165, 1.54) is 23.6 Å². The molecule has 2 aromatic carbocycles. The van der Waals surface area contributed by atoms with Gasteiger partial charge < -0.3 is 20.6 Å². The Morgan fingerprint density at radius 1 is 1.18 bits per heavy atom. The first-order valence-electron chi connectivity index (χ1n) is 10.2. The average molecular weight is 490 g/mol. The van der Waals surface area contributed by atoms with Gasteiger partial charge in [-0.2, -0.15) is 0 Å². The van der Waals surface area contributed by atoms with Gasteiger partial charge in [-0.3, -0.25) is 14.4 Å². The highest BCUT2D eigenvalue weighted by molar-refractivity contribution is 7.99. The summed E-state index contributed by atoms with van der Waals surface area (Å²) in [5, 5.41) is 15.3. The summed E-state index contributed by atoms with van der Waals surface area (Å²) < 4.78 is 0. The molecule has 3 N–H and O–H groups in total. The molecule has 0 bridgehead atoms. The van der Waals surface area contributed by atoms with Gasteiger partial charge in [-0.05, 0) is 36.2 Å². The van der Waals surface area contributed by atoms with Crippen molar-refractivity contribution < 1.29 is 24.3 Å². The summed E-state index contributed by atoms with van der Waals surface area (Å²) in [6, 6.07) is 9.93. The Morgan fingerprint density at radius 3 is 2.48 bits per heavy atom. The number of para-hydroxylation sites is 1. The van der Waals surface area contributed by atoms with Gasteiger partial charge in [0, 0.05) is 24.7 Å². The van der Waals surface area contributed by atoms with Gasteiger partial charge in [0.2, 0.25) is 11.8 Å². The maximum absolute atomic E-state index is 12.6. The summed E-state index contributed by atoms with van der Waals surface area (Å²) >= 11 is 7.60. The molecule has 10 heteroatoms. The third kappa shape index (κ3) is 6.06. The molecule has 0 spiro atoms. The highest BCUT2D eigenvalue weighted by atomic mass is 35.5. The number of hydrogen-bond acceptors (Lipinski definition) is 5. The fourth-order valence-corrected chi connectivity index (χ4v) is 4.93. The number of benzene rings is 2. The number of nitrogens with one attached hydrogen (secondary N) is 2. The Hall–Kier alpha value is -3.04. The van der Waals surface area contributed by atoms with Crippen LogP contribution in [0.4, 0.5) is 5.69 Å². The monoisotopic (exact) mass is 489 g/mol. The number of carboxylic acid groups (broad SMARTS) is 1. The lowest BCUT2D eigenvalue weighted by molar-refractivity contribution is -0.143. The van der Waals surface area contributed by atoms with Gasteiger partial charge in [-0.15, -0.1) is 11.8 Å². The van der Waals surface area contributed by atoms with Crippen molar-refractivity contribution in [1.82, 2.24) is 10.2 Å². The molecule has 1 saturated heterocycles. The van der Waals surface area contributed by atoms with E-state index in [2.05, 4.69) is 10.6 Å². The van der Waals surface area contributed by atoms with Crippen LogP contribution in [0.2, 0.25) is 5.02 Å². The molecule has 0 aromatic heterocycles. The Labute approximate surface area is 200 Å². The van der Waals surface area contributed by atoms with Crippen molar-refractivity contribution in [1.29, 1.82) is 0 Å². The number of carbonyl (C=O) groups excluding carboxylic acids is 3. The van der Waals surface area contributed by atoms with Gasteiger partial charge in [-0.25, -0.2) is 4.79 Å². The Morgan fingerprint density at radius 2 is 1.88 bits per heavy atom. The van der Waals surface area contributed by atoms with Crippen LogP contribution in [-0.2, 0) is 20.8 Å². The molecule has 2 atom stereocenters. The van der Waals surface area contributed by atoms with E-state index in [-0.39, 0.29) is 18.2 Å². The maximum Gasteiger partial charge on any atom is 0.326 e. The van der Waals surface area contributed by atoms with E-state index in [4.69, 9.17) is 11.6 Å². The largest absolute Gasteiger partial charge is 0.480 e. The van der Waals surface area contributed by atoms with Gasteiger partial charge in [-0.1, -0.05) is 35.9 Å². The summed E-state index contributed by atoms with van der Waals surface area (Å²) in [6.07, 6.45) is 0.0343. The predicted molar refractivity (Wildman–Crippen MR) is 127 cm³/mol. The van der Waals surface area contributed by atoms with E-state index in [1.807, 2.05) is 13.0 Å². The number of thioether (sulfide) groups is 1. The number of aryl methyl sites for hydroxylation is 1. The highest BCUT2D eigenvalue weighted by Crippen LogP contribution is 2.26. The van der Waals surface area contributed by atoms with Crippen LogP contribution in [0.3, 0.4) is 0 Å². The lowest BCUT2D eigenvalue weighted by atomic mass is 10.0. The number of rotatable bonds is 7. The van der Waals surface area contributed by atoms with E-state index in [1.54, 1.807) is 36.4 Å². The molecule has 1 aliphatic heterocycles. The van der Waals surface area contributed by atoms with Gasteiger partial charge in [0.25, 0.3) is 5.91 Å². The first-order chi connectivity index (χ1) is 15.7. The van der Waals surface area contributed by atoms with Gasteiger partial charge in [0.15, 0.2) is 0 Å². The summed E-state index contributed by atoms with van der Waals surface area (Å²) in [4.78, 5) is 50.0. The number of amides is 3. The molecule has 1 heterocycles. The third-order valence-electron chi connectivity index (χ3n) is 5.32. The SMILES string of the molecule is CC(=O)N1CSC[C@@H]1C(=O)N[C@@H](Cc1ccc(C(=O)Nc2c(C)cccc2Cl)cc1)C(=O)O. The molecule has 8 nitrogen and oxygen atoms in total. The van der Waals surface area contributed by atoms with Crippen molar-refractivity contribution in [3.8, 4) is 0 Å². The minimum Gasteiger partial charge on any atom is -0.480 e. The van der Waals surface area contributed by atoms with Crippen LogP contribution in [0.25, 0.3) is 0 Å². The van der Waals surface area contributed by atoms with Crippen molar-refractivity contribution in [2.45, 2.75) is 32.4 Å². The van der Waals surface area contributed by atoms with Crippen LogP contribution >= 0.6 is 23.4 Å². The zero-order chi connectivity index (χ0) is 24.1. The molecule has 174 valence electrons. The van der Waals surface area contributed by atoms with Crippen LogP contribution in [0.15, 0.2) is 42.5 Å². The molecule has 2 aromatic rings. The van der Waals surface area contributed by atoms with E-state index in [0.717, 1.165) is 5.56 Å². The number of anilines is 1. The van der Waals surface area contributed by atoms with Crippen LogP contribution in [0.1, 0.15) is 28.4 Å². The zero-order valence-corrected chi connectivity index (χ0v) is 19.7. The summed E-state index contributed by atoms with van der Waals surface area (Å²) in [5.41, 5.74) is 2.38. The number of aliphatic carboxylic acids is 1. The zero-order valence-electron chi connectivity index (χ0n) is 18.1. The van der Waals surface area contributed by atoms with E-state index < -0.39 is 24.0 Å². The molecule has 0 unspecified atom stereocenters. The second-order valence-electron chi connectivity index (χ2n) is 7.69. The quantitative estimate of drug-likeness (QED) is 0.550. The minimum absolute atomic E-state index is 0.0343. The van der Waals surface area contributed by atoms with Crippen LogP contribution < -0.4 is 10.6 Å². The fourth-order valence-electron chi connectivity index (χ4n) is 3.44. The minimum atomic E-state index is -1.18. The van der Waals surface area contributed by atoms with Crippen LogP contribution in [-0.4, -0.2) is 57.4 Å². The topological polar surface area (TPSA) is 116 Å². The second kappa shape index (κ2) is 10.7. The van der Waals surface area contributed by atoms with Crippen molar-refractivity contribution in [3.63, 3.8) is 0 Å². The number of nitrogens with zero attached hydrogens (tertiary/aromatic N) is 1. The predicted octanol–water partition coefficient (Wildman–Crippen LogP) is 2.93. The van der Waals surface area contributed by atoms with E-state index in [9.17, 15) is 24.3 Å². The molecular weight excluding hydrogens is 466 g/mol. The first-order valence-corrected chi connectivity index (χ1v) is 11.7. The van der Waals surface area contributed by atoms with E-state index in [0.29, 0.717) is 33.5 Å². The number of halogens is 1. The molecule has 33 heavy (non-hydrogen) atoms. The highest BCUT2D eigenvalue weighted by Gasteiger charge is 2.35. The first kappa shape index (κ1) is 24.6. The van der Waals surface area contributed by atoms with Crippen LogP contribution in [0.5, 0.6) is 0 Å². The summed E-state index contributed by atoms with van der Waals surface area (Å²) in [5.74, 6) is -1.42. The molecule has 0 saturated carbocycles. The molecule has 1 aliphatic rings. The molecule has 1 fully saturated rings. The third-order valence-corrected chi connectivity index (χ3v) is 6.65. The van der Waals surface area contributed by atoms with Crippen molar-refractivity contribution in [2.24, 2.45) is 0 Å². The van der Waals surface area contributed by atoms with Crippen molar-refractivity contribution in [2.75, 3.05) is 16.9 Å². The molecular formula is C23H24ClN3O5S. The smallest absolute Gasteiger partial charge is 0.326 e. The number of carboxylic acids is 1. The Bertz CT molecular complexity index is 1060. The molecule has 3 rings (SSSR count). The Balaban J connectivity index is 1.65. The molecule has 0 radical (unpaired) electrons. The lowest BCUT2D eigenvalue weighted by Crippen LogP contribution is -2.52.